The van der Waals surface area contributed by atoms with Gasteiger partial charge in [0.15, 0.2) is 0 Å². The fourth-order valence-electron chi connectivity index (χ4n) is 2.36. The molecule has 0 aromatic heterocycles. The molecule has 0 bridgehead atoms. The van der Waals surface area contributed by atoms with Crippen LogP contribution in [0.1, 0.15) is 12.8 Å². The van der Waals surface area contributed by atoms with Crippen molar-refractivity contribution in [1.82, 2.24) is 5.32 Å². The minimum absolute atomic E-state index is 0.417. The van der Waals surface area contributed by atoms with Crippen LogP contribution in [0.25, 0.3) is 0 Å². The molecule has 2 rings (SSSR count). The number of piperidine rings is 1. The summed E-state index contributed by atoms with van der Waals surface area (Å²) in [4.78, 5) is 2.36. The van der Waals surface area contributed by atoms with Crippen molar-refractivity contribution in [2.24, 2.45) is 0 Å². The van der Waals surface area contributed by atoms with E-state index in [0.29, 0.717) is 12.6 Å². The van der Waals surface area contributed by atoms with E-state index in [2.05, 4.69) is 28.4 Å². The smallest absolute Gasteiger partial charge is 0.119 e. The number of benzene rings is 1. The van der Waals surface area contributed by atoms with Crippen LogP contribution in [0.5, 0.6) is 5.75 Å². The van der Waals surface area contributed by atoms with Crippen LogP contribution in [0.15, 0.2) is 24.3 Å². The molecule has 1 aromatic carbocycles. The van der Waals surface area contributed by atoms with Crippen molar-refractivity contribution >= 4 is 5.69 Å². The third-order valence-corrected chi connectivity index (χ3v) is 3.33. The van der Waals surface area contributed by atoms with Crippen molar-refractivity contribution in [3.8, 4) is 11.8 Å². The van der Waals surface area contributed by atoms with E-state index in [1.807, 2.05) is 12.1 Å². The van der Waals surface area contributed by atoms with E-state index >= 15 is 0 Å². The van der Waals surface area contributed by atoms with Crippen molar-refractivity contribution in [1.29, 1.82) is 5.26 Å². The first kappa shape index (κ1) is 12.7. The highest BCUT2D eigenvalue weighted by atomic mass is 16.5. The number of anilines is 1. The van der Waals surface area contributed by atoms with Gasteiger partial charge in [0, 0.05) is 24.8 Å². The number of nitriles is 1. The normalized spacial score (nSPS) is 19.3. The van der Waals surface area contributed by atoms with Crippen molar-refractivity contribution in [3.05, 3.63) is 24.3 Å². The summed E-state index contributed by atoms with van der Waals surface area (Å²) in [7, 11) is 1.68. The SMILES string of the molecule is COc1ccc(N2CCCC(NCC#N)C2)cc1. The third kappa shape index (κ3) is 3.14. The van der Waals surface area contributed by atoms with Crippen LogP contribution in [-0.2, 0) is 0 Å². The molecule has 0 saturated carbocycles. The van der Waals surface area contributed by atoms with Gasteiger partial charge in [-0.25, -0.2) is 0 Å². The third-order valence-electron chi connectivity index (χ3n) is 3.33. The van der Waals surface area contributed by atoms with Crippen molar-refractivity contribution in [2.45, 2.75) is 18.9 Å². The molecule has 1 aromatic rings. The maximum absolute atomic E-state index is 8.60. The van der Waals surface area contributed by atoms with E-state index in [1.165, 1.54) is 5.69 Å². The number of hydrogen-bond donors (Lipinski definition) is 1. The van der Waals surface area contributed by atoms with Gasteiger partial charge in [0.2, 0.25) is 0 Å². The molecule has 1 fully saturated rings. The highest BCUT2D eigenvalue weighted by molar-refractivity contribution is 5.49. The Balaban J connectivity index is 1.97. The average Bonchev–Trinajstić information content (AvgIpc) is 2.45. The molecule has 0 radical (unpaired) electrons. The predicted octanol–water partition coefficient (Wildman–Crippen LogP) is 1.78. The largest absolute Gasteiger partial charge is 0.497 e. The molecular weight excluding hydrogens is 226 g/mol. The molecule has 1 aliphatic heterocycles. The first-order valence-corrected chi connectivity index (χ1v) is 6.33. The quantitative estimate of drug-likeness (QED) is 0.821. The van der Waals surface area contributed by atoms with Gasteiger partial charge in [-0.1, -0.05) is 0 Å². The molecule has 0 amide bonds. The number of hydrogen-bond acceptors (Lipinski definition) is 4. The number of rotatable bonds is 4. The maximum atomic E-state index is 8.60. The molecule has 4 nitrogen and oxygen atoms in total. The number of methoxy groups -OCH3 is 1. The minimum atomic E-state index is 0.417. The Bertz CT molecular complexity index is 410. The second-order valence-electron chi connectivity index (χ2n) is 4.52. The van der Waals surface area contributed by atoms with Gasteiger partial charge >= 0.3 is 0 Å². The van der Waals surface area contributed by atoms with Crippen LogP contribution in [0, 0.1) is 11.3 Å². The molecule has 1 atom stereocenters. The van der Waals surface area contributed by atoms with Crippen molar-refractivity contribution in [2.75, 3.05) is 31.6 Å². The molecule has 0 spiro atoms. The minimum Gasteiger partial charge on any atom is -0.497 e. The Kier molecular flexibility index (Phi) is 4.43. The molecule has 1 N–H and O–H groups in total. The van der Waals surface area contributed by atoms with E-state index in [-0.39, 0.29) is 0 Å². The highest BCUT2D eigenvalue weighted by Crippen LogP contribution is 2.22. The summed E-state index contributed by atoms with van der Waals surface area (Å²) in [5.74, 6) is 0.884. The van der Waals surface area contributed by atoms with Crippen LogP contribution in [0.3, 0.4) is 0 Å². The topological polar surface area (TPSA) is 48.3 Å². The summed E-state index contributed by atoms with van der Waals surface area (Å²) in [5.41, 5.74) is 1.22. The Hall–Kier alpha value is -1.73. The van der Waals surface area contributed by atoms with Crippen LogP contribution >= 0.6 is 0 Å². The van der Waals surface area contributed by atoms with E-state index in [4.69, 9.17) is 10.00 Å². The van der Waals surface area contributed by atoms with Gasteiger partial charge < -0.3 is 9.64 Å². The molecule has 1 aliphatic rings. The van der Waals surface area contributed by atoms with Gasteiger partial charge in [0.1, 0.15) is 5.75 Å². The molecule has 0 aliphatic carbocycles. The Morgan fingerprint density at radius 2 is 2.22 bits per heavy atom. The molecular formula is C14H19N3O. The van der Waals surface area contributed by atoms with Crippen LogP contribution in [0.2, 0.25) is 0 Å². The van der Waals surface area contributed by atoms with E-state index in [9.17, 15) is 0 Å². The number of nitrogens with zero attached hydrogens (tertiary/aromatic N) is 2. The number of nitrogens with one attached hydrogen (secondary N) is 1. The van der Waals surface area contributed by atoms with Crippen LogP contribution < -0.4 is 15.0 Å². The zero-order valence-corrected chi connectivity index (χ0v) is 10.7. The molecule has 96 valence electrons. The fraction of sp³-hybridized carbons (Fsp3) is 0.500. The van der Waals surface area contributed by atoms with Gasteiger partial charge in [-0.2, -0.15) is 5.26 Å². The van der Waals surface area contributed by atoms with E-state index < -0.39 is 0 Å². The average molecular weight is 245 g/mol. The van der Waals surface area contributed by atoms with E-state index in [1.54, 1.807) is 7.11 Å². The molecule has 18 heavy (non-hydrogen) atoms. The molecule has 1 saturated heterocycles. The maximum Gasteiger partial charge on any atom is 0.119 e. The molecule has 1 heterocycles. The Morgan fingerprint density at radius 1 is 1.44 bits per heavy atom. The van der Waals surface area contributed by atoms with Gasteiger partial charge in [-0.15, -0.1) is 0 Å². The molecule has 4 heteroatoms. The summed E-state index contributed by atoms with van der Waals surface area (Å²) in [6, 6.07) is 10.7. The molecule has 1 unspecified atom stereocenters. The highest BCUT2D eigenvalue weighted by Gasteiger charge is 2.19. The van der Waals surface area contributed by atoms with Gasteiger partial charge in [0.05, 0.1) is 19.7 Å². The lowest BCUT2D eigenvalue weighted by molar-refractivity contribution is 0.414. The Labute approximate surface area is 108 Å². The first-order valence-electron chi connectivity index (χ1n) is 6.33. The lowest BCUT2D eigenvalue weighted by atomic mass is 10.0. The zero-order valence-electron chi connectivity index (χ0n) is 10.7. The summed E-state index contributed by atoms with van der Waals surface area (Å²) < 4.78 is 5.16. The lowest BCUT2D eigenvalue weighted by Crippen LogP contribution is -2.45. The summed E-state index contributed by atoms with van der Waals surface area (Å²) in [6.45, 7) is 2.48. The van der Waals surface area contributed by atoms with Crippen LogP contribution in [-0.4, -0.2) is 32.8 Å². The van der Waals surface area contributed by atoms with Gasteiger partial charge in [-0.3, -0.25) is 5.32 Å². The monoisotopic (exact) mass is 245 g/mol. The summed E-state index contributed by atoms with van der Waals surface area (Å²) >= 11 is 0. The van der Waals surface area contributed by atoms with E-state index in [0.717, 1.165) is 31.7 Å². The second-order valence-corrected chi connectivity index (χ2v) is 4.52. The van der Waals surface area contributed by atoms with Gasteiger partial charge in [-0.05, 0) is 37.1 Å². The summed E-state index contributed by atoms with van der Waals surface area (Å²) in [6.07, 6.45) is 2.31. The van der Waals surface area contributed by atoms with Gasteiger partial charge in [0.25, 0.3) is 0 Å². The van der Waals surface area contributed by atoms with Crippen LogP contribution in [0.4, 0.5) is 5.69 Å². The van der Waals surface area contributed by atoms with Crippen molar-refractivity contribution in [3.63, 3.8) is 0 Å². The predicted molar refractivity (Wildman–Crippen MR) is 71.8 cm³/mol. The lowest BCUT2D eigenvalue weighted by Gasteiger charge is -2.34. The number of ether oxygens (including phenoxy) is 1. The first-order chi connectivity index (χ1) is 8.83. The summed E-state index contributed by atoms with van der Waals surface area (Å²) in [5, 5.41) is 11.9. The standard InChI is InChI=1S/C14H19N3O/c1-18-14-6-4-13(5-7-14)17-10-2-3-12(11-17)16-9-8-15/h4-7,12,16H,2-3,9-11H2,1H3. The Morgan fingerprint density at radius 3 is 2.89 bits per heavy atom. The zero-order chi connectivity index (χ0) is 12.8. The van der Waals surface area contributed by atoms with Crippen molar-refractivity contribution < 1.29 is 4.74 Å². The fourth-order valence-corrected chi connectivity index (χ4v) is 2.36. The second kappa shape index (κ2) is 6.27.